The normalized spacial score (nSPS) is 13.6. The number of aromatic hydroxyl groups is 1. The number of phenolic OH excluding ortho intramolecular Hbond substituents is 1. The first-order valence-corrected chi connectivity index (χ1v) is 14.7. The van der Waals surface area contributed by atoms with Gasteiger partial charge in [-0.05, 0) is 78.6 Å². The molecule has 2 rings (SSSR count). The number of nitrogens with one attached hydrogen (secondary N) is 2. The van der Waals surface area contributed by atoms with Crippen molar-refractivity contribution in [3.63, 3.8) is 0 Å². The minimum absolute atomic E-state index is 0.0916. The van der Waals surface area contributed by atoms with E-state index >= 15 is 0 Å². The van der Waals surface area contributed by atoms with Crippen LogP contribution in [0.25, 0.3) is 0 Å². The number of alkyl carbamates (subject to hydrolysis) is 1. The molecule has 2 aromatic carbocycles. The summed E-state index contributed by atoms with van der Waals surface area (Å²) in [6.45, 7) is 13.3. The van der Waals surface area contributed by atoms with E-state index in [9.17, 15) is 29.1 Å². The molecule has 0 saturated heterocycles. The van der Waals surface area contributed by atoms with Gasteiger partial charge in [0.1, 0.15) is 35.1 Å². The molecule has 0 aliphatic rings. The second kappa shape index (κ2) is 15.4. The maximum absolute atomic E-state index is 14.2. The third kappa shape index (κ3) is 12.1. The van der Waals surface area contributed by atoms with E-state index in [1.54, 1.807) is 79.7 Å². The maximum atomic E-state index is 14.2. The van der Waals surface area contributed by atoms with Gasteiger partial charge in [0, 0.05) is 12.5 Å². The largest absolute Gasteiger partial charge is 0.508 e. The molecule has 0 aromatic heterocycles. The third-order valence-electron chi connectivity index (χ3n) is 6.21. The average molecular weight is 627 g/mol. The molecule has 12 heteroatoms. The molecule has 12 nitrogen and oxygen atoms in total. The van der Waals surface area contributed by atoms with Crippen LogP contribution >= 0.6 is 0 Å². The molecular weight excluding hydrogens is 580 g/mol. The zero-order valence-corrected chi connectivity index (χ0v) is 27.2. The van der Waals surface area contributed by atoms with Crippen molar-refractivity contribution >= 4 is 29.8 Å². The summed E-state index contributed by atoms with van der Waals surface area (Å²) >= 11 is 0. The van der Waals surface area contributed by atoms with Crippen molar-refractivity contribution in [2.45, 2.75) is 104 Å². The Hall–Kier alpha value is -4.61. The molecule has 45 heavy (non-hydrogen) atoms. The van der Waals surface area contributed by atoms with E-state index in [1.165, 1.54) is 29.2 Å². The summed E-state index contributed by atoms with van der Waals surface area (Å²) in [6, 6.07) is 10.1. The van der Waals surface area contributed by atoms with Gasteiger partial charge in [0.2, 0.25) is 17.7 Å². The van der Waals surface area contributed by atoms with Crippen molar-refractivity contribution in [3.05, 3.63) is 65.7 Å². The molecule has 5 N–H and O–H groups in total. The topological polar surface area (TPSA) is 177 Å². The Morgan fingerprint density at radius 1 is 0.844 bits per heavy atom. The zero-order valence-electron chi connectivity index (χ0n) is 27.2. The summed E-state index contributed by atoms with van der Waals surface area (Å²) < 4.78 is 10.9. The van der Waals surface area contributed by atoms with E-state index in [0.29, 0.717) is 0 Å². The molecule has 0 aliphatic heterocycles. The second-order valence-electron chi connectivity index (χ2n) is 13.0. The Bertz CT molecular complexity index is 1350. The van der Waals surface area contributed by atoms with Crippen LogP contribution in [0.15, 0.2) is 54.6 Å². The van der Waals surface area contributed by atoms with Crippen molar-refractivity contribution < 1.29 is 38.6 Å². The fraction of sp³-hybridized carbons (Fsp3) is 0.485. The van der Waals surface area contributed by atoms with Crippen molar-refractivity contribution in [1.29, 1.82) is 0 Å². The third-order valence-corrected chi connectivity index (χ3v) is 6.21. The molecule has 246 valence electrons. The molecule has 2 aromatic rings. The van der Waals surface area contributed by atoms with E-state index in [0.717, 1.165) is 5.56 Å². The summed E-state index contributed by atoms with van der Waals surface area (Å²) in [5.41, 5.74) is 4.65. The van der Waals surface area contributed by atoms with Crippen LogP contribution in [0.5, 0.6) is 5.75 Å². The van der Waals surface area contributed by atoms with Crippen LogP contribution in [0.2, 0.25) is 0 Å². The number of carbonyl (C=O) groups excluding carboxylic acids is 5. The molecule has 3 atom stereocenters. The summed E-state index contributed by atoms with van der Waals surface area (Å²) in [7, 11) is 0. The van der Waals surface area contributed by atoms with Gasteiger partial charge in [0.15, 0.2) is 0 Å². The second-order valence-corrected chi connectivity index (χ2v) is 13.0. The fourth-order valence-corrected chi connectivity index (χ4v) is 4.51. The van der Waals surface area contributed by atoms with Crippen LogP contribution in [-0.4, -0.2) is 69.1 Å². The highest BCUT2D eigenvalue weighted by atomic mass is 16.6. The van der Waals surface area contributed by atoms with E-state index in [1.807, 2.05) is 6.07 Å². The molecule has 0 saturated carbocycles. The minimum atomic E-state index is -1.49. The van der Waals surface area contributed by atoms with Gasteiger partial charge in [0.25, 0.3) is 0 Å². The van der Waals surface area contributed by atoms with Gasteiger partial charge in [-0.15, -0.1) is 0 Å². The fourth-order valence-electron chi connectivity index (χ4n) is 4.51. The lowest BCUT2D eigenvalue weighted by atomic mass is 9.99. The van der Waals surface area contributed by atoms with Crippen molar-refractivity contribution in [3.8, 4) is 5.75 Å². The summed E-state index contributed by atoms with van der Waals surface area (Å²) in [5.74, 6) is -3.30. The van der Waals surface area contributed by atoms with Gasteiger partial charge >= 0.3 is 12.1 Å². The Kier molecular flexibility index (Phi) is 12.5. The molecule has 0 bridgehead atoms. The average Bonchev–Trinajstić information content (AvgIpc) is 2.88. The number of ether oxygens (including phenoxy) is 2. The highest BCUT2D eigenvalue weighted by Gasteiger charge is 2.40. The molecule has 0 spiro atoms. The first-order valence-electron chi connectivity index (χ1n) is 14.7. The smallest absolute Gasteiger partial charge is 0.408 e. The summed E-state index contributed by atoms with van der Waals surface area (Å²) in [5, 5.41) is 15.5. The van der Waals surface area contributed by atoms with Crippen LogP contribution < -0.4 is 16.4 Å². The minimum Gasteiger partial charge on any atom is -0.508 e. The first-order chi connectivity index (χ1) is 20.8. The number of rotatable bonds is 12. The lowest BCUT2D eigenvalue weighted by Gasteiger charge is -2.37. The number of phenols is 1. The van der Waals surface area contributed by atoms with Crippen molar-refractivity contribution in [2.24, 2.45) is 5.73 Å². The number of hydrogen-bond acceptors (Lipinski definition) is 8. The Morgan fingerprint density at radius 3 is 1.96 bits per heavy atom. The number of benzene rings is 2. The number of amides is 4. The van der Waals surface area contributed by atoms with Crippen molar-refractivity contribution in [1.82, 2.24) is 15.5 Å². The van der Waals surface area contributed by atoms with E-state index < -0.39 is 71.6 Å². The molecule has 0 heterocycles. The number of nitrogens with two attached hydrogens (primary N) is 1. The van der Waals surface area contributed by atoms with Crippen LogP contribution in [0.4, 0.5) is 4.79 Å². The molecular formula is C33H46N4O8. The first kappa shape index (κ1) is 36.6. The van der Waals surface area contributed by atoms with Gasteiger partial charge in [-0.25, -0.2) is 9.59 Å². The predicted molar refractivity (Wildman–Crippen MR) is 168 cm³/mol. The molecule has 4 amide bonds. The van der Waals surface area contributed by atoms with E-state index in [2.05, 4.69) is 10.6 Å². The Morgan fingerprint density at radius 2 is 1.44 bits per heavy atom. The SMILES string of the molecule is CC(C)N(C(=O)C(CC(N)=O)NC(=O)OC(C)(C)C)C(C(=O)NC(Cc1ccccc1)C(=O)OC(C)(C)C)c1cccc(O)c1. The van der Waals surface area contributed by atoms with Crippen LogP contribution in [0, 0.1) is 0 Å². The van der Waals surface area contributed by atoms with Crippen molar-refractivity contribution in [2.75, 3.05) is 0 Å². The molecule has 0 fully saturated rings. The molecule has 0 aliphatic carbocycles. The highest BCUT2D eigenvalue weighted by Crippen LogP contribution is 2.28. The standard InChI is InChI=1S/C33H46N4O8/c1-20(2)37(29(41)24(19-26(34)39)36-31(43)45-33(6,7)8)27(22-15-12-16-23(38)18-22)28(40)35-25(30(42)44-32(3,4)5)17-21-13-10-9-11-14-21/h9-16,18,20,24-25,27,38H,17,19H2,1-8H3,(H2,34,39)(H,35,40)(H,36,43). The highest BCUT2D eigenvalue weighted by molar-refractivity contribution is 5.96. The number of hydrogen-bond donors (Lipinski definition) is 4. The van der Waals surface area contributed by atoms with Gasteiger partial charge in [-0.3, -0.25) is 14.4 Å². The number of carbonyl (C=O) groups is 5. The van der Waals surface area contributed by atoms with Crippen LogP contribution in [0.3, 0.4) is 0 Å². The Balaban J connectivity index is 2.60. The lowest BCUT2D eigenvalue weighted by Crippen LogP contribution is -2.57. The number of esters is 1. The van der Waals surface area contributed by atoms with Gasteiger partial charge in [0.05, 0.1) is 6.42 Å². The van der Waals surface area contributed by atoms with Gasteiger partial charge in [-0.1, -0.05) is 42.5 Å². The van der Waals surface area contributed by atoms with Crippen LogP contribution in [-0.2, 0) is 35.1 Å². The summed E-state index contributed by atoms with van der Waals surface area (Å²) in [6.07, 6.45) is -1.45. The summed E-state index contributed by atoms with van der Waals surface area (Å²) in [4.78, 5) is 67.5. The van der Waals surface area contributed by atoms with E-state index in [-0.39, 0.29) is 17.7 Å². The predicted octanol–water partition coefficient (Wildman–Crippen LogP) is 3.51. The maximum Gasteiger partial charge on any atom is 0.408 e. The van der Waals surface area contributed by atoms with Gasteiger partial charge in [-0.2, -0.15) is 0 Å². The molecule has 0 radical (unpaired) electrons. The van der Waals surface area contributed by atoms with Gasteiger partial charge < -0.3 is 35.8 Å². The Labute approximate surface area is 264 Å². The zero-order chi connectivity index (χ0) is 34.1. The number of nitrogens with zero attached hydrogens (tertiary/aromatic N) is 1. The van der Waals surface area contributed by atoms with E-state index in [4.69, 9.17) is 15.2 Å². The van der Waals surface area contributed by atoms with Crippen LogP contribution in [0.1, 0.15) is 79.0 Å². The quantitative estimate of drug-likeness (QED) is 0.259. The molecule has 3 unspecified atom stereocenters. The lowest BCUT2D eigenvalue weighted by molar-refractivity contribution is -0.159. The number of primary amides is 1. The monoisotopic (exact) mass is 626 g/mol.